The summed E-state index contributed by atoms with van der Waals surface area (Å²) >= 11 is 6.29. The van der Waals surface area contributed by atoms with Gasteiger partial charge in [-0.15, -0.1) is 11.6 Å². The highest BCUT2D eigenvalue weighted by Gasteiger charge is 2.21. The van der Waals surface area contributed by atoms with Crippen molar-refractivity contribution in [3.05, 3.63) is 30.3 Å². The van der Waals surface area contributed by atoms with Crippen molar-refractivity contribution in [3.8, 4) is 17.2 Å². The van der Waals surface area contributed by atoms with E-state index in [4.69, 9.17) is 30.5 Å². The first-order valence-electron chi connectivity index (χ1n) is 9.71. The third kappa shape index (κ3) is 5.91. The fourth-order valence-corrected chi connectivity index (χ4v) is 3.11. The van der Waals surface area contributed by atoms with Crippen LogP contribution in [-0.4, -0.2) is 32.5 Å². The van der Waals surface area contributed by atoms with Gasteiger partial charge >= 0.3 is 0 Å². The average molecular weight is 395 g/mol. The lowest BCUT2D eigenvalue weighted by Crippen LogP contribution is -2.29. The molecule has 0 saturated heterocycles. The maximum atomic E-state index is 6.29. The lowest BCUT2D eigenvalue weighted by molar-refractivity contribution is -0.0564. The third-order valence-corrected chi connectivity index (χ3v) is 5.05. The summed E-state index contributed by atoms with van der Waals surface area (Å²) < 4.78 is 22.8. The van der Waals surface area contributed by atoms with E-state index in [-0.39, 0.29) is 5.38 Å². The van der Waals surface area contributed by atoms with E-state index in [0.717, 1.165) is 36.0 Å². The monoisotopic (exact) mass is 394 g/mol. The Balaban J connectivity index is 2.17. The molecule has 2 aromatic carbocycles. The van der Waals surface area contributed by atoms with Gasteiger partial charge in [-0.05, 0) is 42.5 Å². The zero-order valence-electron chi connectivity index (χ0n) is 16.8. The second kappa shape index (κ2) is 11.3. The normalized spacial score (nSPS) is 13.4. The quantitative estimate of drug-likeness (QED) is 0.245. The van der Waals surface area contributed by atoms with Crippen molar-refractivity contribution in [2.45, 2.75) is 57.6 Å². The van der Waals surface area contributed by atoms with Crippen molar-refractivity contribution < 1.29 is 18.9 Å². The molecule has 0 aromatic heterocycles. The summed E-state index contributed by atoms with van der Waals surface area (Å²) in [6.45, 7) is 4.95. The number of hydrogen-bond acceptors (Lipinski definition) is 4. The summed E-state index contributed by atoms with van der Waals surface area (Å²) in [7, 11) is 3.23. The van der Waals surface area contributed by atoms with E-state index in [2.05, 4.69) is 6.92 Å². The molecule has 150 valence electrons. The summed E-state index contributed by atoms with van der Waals surface area (Å²) in [6, 6.07) is 9.89. The summed E-state index contributed by atoms with van der Waals surface area (Å²) in [5.41, 5.74) is 0. The van der Waals surface area contributed by atoms with Gasteiger partial charge in [0.25, 0.3) is 0 Å². The van der Waals surface area contributed by atoms with Crippen LogP contribution in [0.4, 0.5) is 0 Å². The second-order valence-electron chi connectivity index (χ2n) is 6.54. The third-order valence-electron chi connectivity index (χ3n) is 4.54. The number of ether oxygens (including phenoxy) is 4. The second-order valence-corrected chi connectivity index (χ2v) is 7.10. The Hall–Kier alpha value is -1.65. The van der Waals surface area contributed by atoms with Gasteiger partial charge in [-0.2, -0.15) is 0 Å². The minimum absolute atomic E-state index is 0.237. The van der Waals surface area contributed by atoms with Gasteiger partial charge in [-0.1, -0.05) is 39.2 Å². The number of benzene rings is 2. The van der Waals surface area contributed by atoms with Crippen LogP contribution in [0.3, 0.4) is 0 Å². The molecular formula is C22H31ClO4. The predicted molar refractivity (Wildman–Crippen MR) is 111 cm³/mol. The van der Waals surface area contributed by atoms with Gasteiger partial charge in [0.05, 0.1) is 19.1 Å². The SMILES string of the molecule is CCCCCCOc1ccc2c(OC)c(OC(OC)C(Cl)CC)ccc2c1. The highest BCUT2D eigenvalue weighted by molar-refractivity contribution is 6.20. The van der Waals surface area contributed by atoms with Crippen LogP contribution in [0.2, 0.25) is 0 Å². The Kier molecular flexibility index (Phi) is 9.02. The number of fused-ring (bicyclic) bond motifs is 1. The number of alkyl halides is 1. The van der Waals surface area contributed by atoms with Crippen molar-refractivity contribution in [3.63, 3.8) is 0 Å². The number of methoxy groups -OCH3 is 2. The first-order valence-corrected chi connectivity index (χ1v) is 10.1. The smallest absolute Gasteiger partial charge is 0.216 e. The number of halogens is 1. The van der Waals surface area contributed by atoms with Crippen LogP contribution in [-0.2, 0) is 4.74 Å². The molecule has 2 unspecified atom stereocenters. The summed E-state index contributed by atoms with van der Waals surface area (Å²) in [6.07, 6.45) is 4.98. The van der Waals surface area contributed by atoms with E-state index in [0.29, 0.717) is 11.5 Å². The lowest BCUT2D eigenvalue weighted by atomic mass is 10.1. The average Bonchev–Trinajstić information content (AvgIpc) is 2.70. The molecule has 2 atom stereocenters. The zero-order chi connectivity index (χ0) is 19.6. The molecule has 0 aliphatic heterocycles. The van der Waals surface area contributed by atoms with Crippen LogP contribution in [0, 0.1) is 0 Å². The van der Waals surface area contributed by atoms with E-state index < -0.39 is 6.29 Å². The zero-order valence-corrected chi connectivity index (χ0v) is 17.6. The van der Waals surface area contributed by atoms with Crippen molar-refractivity contribution >= 4 is 22.4 Å². The van der Waals surface area contributed by atoms with E-state index in [1.807, 2.05) is 37.3 Å². The number of hydrogen-bond donors (Lipinski definition) is 0. The maximum Gasteiger partial charge on any atom is 0.216 e. The maximum absolute atomic E-state index is 6.29. The number of rotatable bonds is 12. The molecule has 0 saturated carbocycles. The van der Waals surface area contributed by atoms with E-state index >= 15 is 0 Å². The molecule has 0 heterocycles. The molecular weight excluding hydrogens is 364 g/mol. The van der Waals surface area contributed by atoms with Crippen LogP contribution >= 0.6 is 11.6 Å². The van der Waals surface area contributed by atoms with Crippen LogP contribution < -0.4 is 14.2 Å². The molecule has 0 radical (unpaired) electrons. The number of unbranched alkanes of at least 4 members (excludes halogenated alkanes) is 3. The molecule has 0 spiro atoms. The highest BCUT2D eigenvalue weighted by atomic mass is 35.5. The van der Waals surface area contributed by atoms with Gasteiger partial charge in [0.2, 0.25) is 6.29 Å². The van der Waals surface area contributed by atoms with Crippen molar-refractivity contribution in [1.29, 1.82) is 0 Å². The highest BCUT2D eigenvalue weighted by Crippen LogP contribution is 2.38. The van der Waals surface area contributed by atoms with Gasteiger partial charge in [0.15, 0.2) is 11.5 Å². The Morgan fingerprint density at radius 2 is 1.81 bits per heavy atom. The molecule has 4 nitrogen and oxygen atoms in total. The molecule has 0 N–H and O–H groups in total. The molecule has 0 aliphatic rings. The van der Waals surface area contributed by atoms with E-state index in [9.17, 15) is 0 Å². The molecule has 0 aliphatic carbocycles. The molecule has 0 fully saturated rings. The minimum atomic E-state index is -0.534. The standard InChI is InChI=1S/C22H31ClO4/c1-5-7-8-9-14-26-17-11-12-18-16(15-17)10-13-20(21(18)24-3)27-22(25-4)19(23)6-2/h10-13,15,19,22H,5-9,14H2,1-4H3. The molecule has 0 amide bonds. The predicted octanol–water partition coefficient (Wildman–Crippen LogP) is 6.18. The summed E-state index contributed by atoms with van der Waals surface area (Å²) in [4.78, 5) is 0. The Labute approximate surface area is 167 Å². The Bertz CT molecular complexity index is 704. The van der Waals surface area contributed by atoms with Gasteiger partial charge in [-0.3, -0.25) is 0 Å². The Morgan fingerprint density at radius 1 is 1.00 bits per heavy atom. The van der Waals surface area contributed by atoms with Gasteiger partial charge < -0.3 is 18.9 Å². The molecule has 0 bridgehead atoms. The lowest BCUT2D eigenvalue weighted by Gasteiger charge is -2.23. The van der Waals surface area contributed by atoms with Crippen LogP contribution in [0.15, 0.2) is 30.3 Å². The largest absolute Gasteiger partial charge is 0.494 e. The first-order chi connectivity index (χ1) is 13.1. The van der Waals surface area contributed by atoms with Crippen molar-refractivity contribution in [2.75, 3.05) is 20.8 Å². The first kappa shape index (κ1) is 21.6. The molecule has 2 aromatic rings. The van der Waals surface area contributed by atoms with Crippen LogP contribution in [0.1, 0.15) is 46.0 Å². The topological polar surface area (TPSA) is 36.9 Å². The van der Waals surface area contributed by atoms with Gasteiger partial charge in [0.1, 0.15) is 5.75 Å². The van der Waals surface area contributed by atoms with Crippen molar-refractivity contribution in [2.24, 2.45) is 0 Å². The van der Waals surface area contributed by atoms with E-state index in [1.54, 1.807) is 14.2 Å². The van der Waals surface area contributed by atoms with Gasteiger partial charge in [0, 0.05) is 12.5 Å². The molecule has 5 heteroatoms. The Morgan fingerprint density at radius 3 is 2.48 bits per heavy atom. The summed E-state index contributed by atoms with van der Waals surface area (Å²) in [5, 5.41) is 1.77. The van der Waals surface area contributed by atoms with Crippen LogP contribution in [0.5, 0.6) is 17.2 Å². The summed E-state index contributed by atoms with van der Waals surface area (Å²) in [5.74, 6) is 2.16. The minimum Gasteiger partial charge on any atom is -0.494 e. The van der Waals surface area contributed by atoms with Gasteiger partial charge in [-0.25, -0.2) is 0 Å². The fourth-order valence-electron chi connectivity index (χ4n) is 2.96. The fraction of sp³-hybridized carbons (Fsp3) is 0.545. The van der Waals surface area contributed by atoms with Crippen molar-refractivity contribution in [1.82, 2.24) is 0 Å². The van der Waals surface area contributed by atoms with Crippen LogP contribution in [0.25, 0.3) is 10.8 Å². The molecule has 2 rings (SSSR count). The van der Waals surface area contributed by atoms with E-state index in [1.165, 1.54) is 19.3 Å². The molecule has 27 heavy (non-hydrogen) atoms.